The molecule has 0 saturated carbocycles. The van der Waals surface area contributed by atoms with E-state index in [9.17, 15) is 4.79 Å². The van der Waals surface area contributed by atoms with E-state index in [0.29, 0.717) is 12.3 Å². The number of methoxy groups -OCH3 is 2. The summed E-state index contributed by atoms with van der Waals surface area (Å²) in [4.78, 5) is 14.6. The van der Waals surface area contributed by atoms with Gasteiger partial charge in [0, 0.05) is 6.54 Å². The van der Waals surface area contributed by atoms with Crippen molar-refractivity contribution in [2.24, 2.45) is 0 Å². The molecule has 4 rings (SSSR count). The third-order valence-corrected chi connectivity index (χ3v) is 6.12. The summed E-state index contributed by atoms with van der Waals surface area (Å²) in [6, 6.07) is 20.2. The van der Waals surface area contributed by atoms with Crippen LogP contribution in [0.4, 0.5) is 0 Å². The Morgan fingerprint density at radius 2 is 1.63 bits per heavy atom. The Bertz CT molecular complexity index is 961. The SMILES string of the molecule is COc1cccc(OC)c1C1SCC(=O)N1Cc1cccc2ccccc12. The summed E-state index contributed by atoms with van der Waals surface area (Å²) in [5.74, 6) is 2.07. The normalized spacial score (nSPS) is 16.7. The minimum atomic E-state index is -0.137. The molecule has 27 heavy (non-hydrogen) atoms. The van der Waals surface area contributed by atoms with Crippen molar-refractivity contribution in [3.05, 3.63) is 71.8 Å². The number of amides is 1. The zero-order valence-electron chi connectivity index (χ0n) is 15.3. The van der Waals surface area contributed by atoms with Gasteiger partial charge in [-0.1, -0.05) is 48.5 Å². The first-order chi connectivity index (χ1) is 13.2. The van der Waals surface area contributed by atoms with E-state index in [0.717, 1.165) is 22.6 Å². The molecule has 1 unspecified atom stereocenters. The van der Waals surface area contributed by atoms with Crippen LogP contribution in [0.25, 0.3) is 10.8 Å². The van der Waals surface area contributed by atoms with Gasteiger partial charge in [-0.3, -0.25) is 4.79 Å². The molecular formula is C22H21NO3S. The first-order valence-corrected chi connectivity index (χ1v) is 9.86. The molecule has 1 atom stereocenters. The summed E-state index contributed by atoms with van der Waals surface area (Å²) in [5.41, 5.74) is 2.06. The van der Waals surface area contributed by atoms with Crippen LogP contribution in [0.1, 0.15) is 16.5 Å². The first-order valence-electron chi connectivity index (χ1n) is 8.81. The molecule has 3 aromatic carbocycles. The third kappa shape index (κ3) is 3.23. The van der Waals surface area contributed by atoms with Crippen molar-refractivity contribution in [1.29, 1.82) is 0 Å². The number of nitrogens with zero attached hydrogens (tertiary/aromatic N) is 1. The molecule has 0 radical (unpaired) electrons. The second-order valence-electron chi connectivity index (χ2n) is 6.40. The number of ether oxygens (including phenoxy) is 2. The van der Waals surface area contributed by atoms with Crippen molar-refractivity contribution >= 4 is 28.4 Å². The molecule has 138 valence electrons. The van der Waals surface area contributed by atoms with E-state index in [-0.39, 0.29) is 11.3 Å². The van der Waals surface area contributed by atoms with E-state index < -0.39 is 0 Å². The Hall–Kier alpha value is -2.66. The summed E-state index contributed by atoms with van der Waals surface area (Å²) in [6.45, 7) is 0.555. The highest BCUT2D eigenvalue weighted by Gasteiger charge is 2.36. The van der Waals surface area contributed by atoms with Crippen molar-refractivity contribution in [3.63, 3.8) is 0 Å². The fourth-order valence-corrected chi connectivity index (χ4v) is 4.84. The van der Waals surface area contributed by atoms with Gasteiger partial charge in [0.1, 0.15) is 16.9 Å². The number of hydrogen-bond donors (Lipinski definition) is 0. The van der Waals surface area contributed by atoms with Crippen molar-refractivity contribution < 1.29 is 14.3 Å². The second kappa shape index (κ2) is 7.53. The van der Waals surface area contributed by atoms with Crippen LogP contribution in [0.2, 0.25) is 0 Å². The Labute approximate surface area is 163 Å². The average Bonchev–Trinajstić information content (AvgIpc) is 3.07. The lowest BCUT2D eigenvalue weighted by atomic mass is 10.0. The van der Waals surface area contributed by atoms with E-state index >= 15 is 0 Å². The van der Waals surface area contributed by atoms with E-state index in [4.69, 9.17) is 9.47 Å². The molecule has 1 aliphatic heterocycles. The minimum Gasteiger partial charge on any atom is -0.496 e. The van der Waals surface area contributed by atoms with Crippen LogP contribution in [0, 0.1) is 0 Å². The maximum atomic E-state index is 12.7. The van der Waals surface area contributed by atoms with Crippen LogP contribution in [-0.2, 0) is 11.3 Å². The van der Waals surface area contributed by atoms with E-state index in [1.54, 1.807) is 26.0 Å². The Kier molecular flexibility index (Phi) is 4.94. The Balaban J connectivity index is 1.75. The molecule has 5 heteroatoms. The molecule has 1 aliphatic rings. The van der Waals surface area contributed by atoms with Crippen LogP contribution in [0.5, 0.6) is 11.5 Å². The fourth-order valence-electron chi connectivity index (χ4n) is 3.60. The molecule has 0 spiro atoms. The van der Waals surface area contributed by atoms with Gasteiger partial charge in [-0.15, -0.1) is 11.8 Å². The van der Waals surface area contributed by atoms with E-state index in [1.807, 2.05) is 41.3 Å². The number of carbonyl (C=O) groups excluding carboxylic acids is 1. The number of hydrogen-bond acceptors (Lipinski definition) is 4. The highest BCUT2D eigenvalue weighted by atomic mass is 32.2. The Morgan fingerprint density at radius 1 is 0.963 bits per heavy atom. The topological polar surface area (TPSA) is 38.8 Å². The van der Waals surface area contributed by atoms with Crippen LogP contribution in [0.15, 0.2) is 60.7 Å². The first kappa shape index (κ1) is 17.7. The molecule has 0 bridgehead atoms. The lowest BCUT2D eigenvalue weighted by Crippen LogP contribution is -2.28. The van der Waals surface area contributed by atoms with Gasteiger partial charge in [-0.2, -0.15) is 0 Å². The number of thioether (sulfide) groups is 1. The third-order valence-electron chi connectivity index (χ3n) is 4.90. The maximum Gasteiger partial charge on any atom is 0.234 e. The highest BCUT2D eigenvalue weighted by Crippen LogP contribution is 2.47. The molecular weight excluding hydrogens is 358 g/mol. The van der Waals surface area contributed by atoms with Gasteiger partial charge in [0.2, 0.25) is 5.91 Å². The molecule has 3 aromatic rings. The van der Waals surface area contributed by atoms with Gasteiger partial charge in [-0.05, 0) is 28.5 Å². The van der Waals surface area contributed by atoms with Crippen molar-refractivity contribution in [2.75, 3.05) is 20.0 Å². The number of carbonyl (C=O) groups is 1. The average molecular weight is 379 g/mol. The van der Waals surface area contributed by atoms with E-state index in [1.165, 1.54) is 10.8 Å². The minimum absolute atomic E-state index is 0.130. The monoisotopic (exact) mass is 379 g/mol. The summed E-state index contributed by atoms with van der Waals surface area (Å²) < 4.78 is 11.1. The van der Waals surface area contributed by atoms with Crippen molar-refractivity contribution in [3.8, 4) is 11.5 Å². The van der Waals surface area contributed by atoms with Crippen LogP contribution < -0.4 is 9.47 Å². The fraction of sp³-hybridized carbons (Fsp3) is 0.227. The van der Waals surface area contributed by atoms with E-state index in [2.05, 4.69) is 24.3 Å². The van der Waals surface area contributed by atoms with Gasteiger partial charge in [0.15, 0.2) is 0 Å². The maximum absolute atomic E-state index is 12.7. The number of rotatable bonds is 5. The molecule has 0 N–H and O–H groups in total. The summed E-state index contributed by atoms with van der Waals surface area (Å²) in [6.07, 6.45) is 0. The molecule has 1 amide bonds. The molecule has 0 aliphatic carbocycles. The summed E-state index contributed by atoms with van der Waals surface area (Å²) in [7, 11) is 3.30. The van der Waals surface area contributed by atoms with Gasteiger partial charge in [0.05, 0.1) is 25.5 Å². The quantitative estimate of drug-likeness (QED) is 0.648. The number of fused-ring (bicyclic) bond motifs is 1. The smallest absolute Gasteiger partial charge is 0.234 e. The standard InChI is InChI=1S/C22H21NO3S/c1-25-18-11-6-12-19(26-2)21(18)22-23(20(24)14-27-22)13-16-9-5-8-15-7-3-4-10-17(15)16/h3-12,22H,13-14H2,1-2H3. The summed E-state index contributed by atoms with van der Waals surface area (Å²) in [5, 5.41) is 2.22. The molecule has 1 heterocycles. The molecule has 1 saturated heterocycles. The Morgan fingerprint density at radius 3 is 2.37 bits per heavy atom. The summed E-state index contributed by atoms with van der Waals surface area (Å²) >= 11 is 1.61. The predicted octanol–water partition coefficient (Wildman–Crippen LogP) is 4.63. The lowest BCUT2D eigenvalue weighted by Gasteiger charge is -2.27. The second-order valence-corrected chi connectivity index (χ2v) is 7.47. The van der Waals surface area contributed by atoms with Crippen molar-refractivity contribution in [1.82, 2.24) is 4.90 Å². The molecule has 4 nitrogen and oxygen atoms in total. The van der Waals surface area contributed by atoms with Gasteiger partial charge < -0.3 is 14.4 Å². The van der Waals surface area contributed by atoms with Crippen LogP contribution >= 0.6 is 11.8 Å². The van der Waals surface area contributed by atoms with Crippen LogP contribution in [0.3, 0.4) is 0 Å². The van der Waals surface area contributed by atoms with Gasteiger partial charge in [-0.25, -0.2) is 0 Å². The predicted molar refractivity (Wildman–Crippen MR) is 109 cm³/mol. The van der Waals surface area contributed by atoms with Crippen molar-refractivity contribution in [2.45, 2.75) is 11.9 Å². The van der Waals surface area contributed by atoms with Gasteiger partial charge >= 0.3 is 0 Å². The van der Waals surface area contributed by atoms with Gasteiger partial charge in [0.25, 0.3) is 0 Å². The zero-order valence-corrected chi connectivity index (χ0v) is 16.2. The highest BCUT2D eigenvalue weighted by molar-refractivity contribution is 8.00. The molecule has 0 aromatic heterocycles. The number of benzene rings is 3. The van der Waals surface area contributed by atoms with Crippen LogP contribution in [-0.4, -0.2) is 30.8 Å². The largest absolute Gasteiger partial charge is 0.496 e. The zero-order chi connectivity index (χ0) is 18.8. The lowest BCUT2D eigenvalue weighted by molar-refractivity contribution is -0.128. The molecule has 1 fully saturated rings.